The predicted octanol–water partition coefficient (Wildman–Crippen LogP) is 5.64. The zero-order valence-electron chi connectivity index (χ0n) is 14.3. The number of thiophene rings is 1. The van der Waals surface area contributed by atoms with Gasteiger partial charge in [-0.15, -0.1) is 11.3 Å². The Morgan fingerprint density at radius 2 is 1.85 bits per heavy atom. The summed E-state index contributed by atoms with van der Waals surface area (Å²) in [5, 5.41) is 4.61. The molecule has 2 aromatic carbocycles. The van der Waals surface area contributed by atoms with Gasteiger partial charge in [0.2, 0.25) is 0 Å². The fraction of sp³-hybridized carbons (Fsp3) is 0.100. The zero-order valence-corrected chi connectivity index (χ0v) is 15.9. The summed E-state index contributed by atoms with van der Waals surface area (Å²) < 4.78 is 19.2. The second kappa shape index (κ2) is 8.33. The molecule has 138 valence electrons. The van der Waals surface area contributed by atoms with Gasteiger partial charge in [0, 0.05) is 10.9 Å². The minimum absolute atomic E-state index is 0.00924. The minimum atomic E-state index is -0.738. The van der Waals surface area contributed by atoms with Gasteiger partial charge in [0.25, 0.3) is 5.91 Å². The summed E-state index contributed by atoms with van der Waals surface area (Å²) in [7, 11) is 0. The van der Waals surface area contributed by atoms with Crippen molar-refractivity contribution in [1.82, 2.24) is 0 Å². The fourth-order valence-corrected chi connectivity index (χ4v) is 3.77. The second-order valence-electron chi connectivity index (χ2n) is 5.49. The molecule has 0 unspecified atom stereocenters. The van der Waals surface area contributed by atoms with Crippen molar-refractivity contribution in [2.75, 3.05) is 11.9 Å². The number of nitrogens with one attached hydrogen (secondary N) is 1. The third kappa shape index (κ3) is 4.02. The molecule has 4 nitrogen and oxygen atoms in total. The molecular formula is C20H15ClFNO3S. The third-order valence-electron chi connectivity index (χ3n) is 3.77. The Bertz CT molecular complexity index is 968. The fourth-order valence-electron chi connectivity index (χ4n) is 2.57. The second-order valence-corrected chi connectivity index (χ2v) is 6.78. The summed E-state index contributed by atoms with van der Waals surface area (Å²) in [5.74, 6) is -2.03. The van der Waals surface area contributed by atoms with Crippen molar-refractivity contribution in [3.05, 3.63) is 75.9 Å². The molecule has 0 saturated heterocycles. The number of carbonyl (C=O) groups excluding carboxylic acids is 2. The highest BCUT2D eigenvalue weighted by Crippen LogP contribution is 2.36. The van der Waals surface area contributed by atoms with Crippen LogP contribution in [0.2, 0.25) is 5.02 Å². The molecule has 0 aliphatic rings. The van der Waals surface area contributed by atoms with Crippen LogP contribution in [-0.4, -0.2) is 18.5 Å². The number of hydrogen-bond acceptors (Lipinski definition) is 4. The number of benzene rings is 2. The molecule has 1 heterocycles. The molecule has 0 radical (unpaired) electrons. The lowest BCUT2D eigenvalue weighted by molar-refractivity contribution is 0.0529. The van der Waals surface area contributed by atoms with Gasteiger partial charge in [-0.3, -0.25) is 4.79 Å². The molecule has 0 saturated carbocycles. The van der Waals surface area contributed by atoms with E-state index in [1.54, 1.807) is 12.3 Å². The Kier molecular flexibility index (Phi) is 5.88. The molecule has 1 aromatic heterocycles. The Labute approximate surface area is 164 Å². The lowest BCUT2D eigenvalue weighted by Crippen LogP contribution is -2.16. The van der Waals surface area contributed by atoms with Gasteiger partial charge in [-0.2, -0.15) is 0 Å². The van der Waals surface area contributed by atoms with Crippen LogP contribution < -0.4 is 5.32 Å². The first-order valence-corrected chi connectivity index (χ1v) is 9.38. The minimum Gasteiger partial charge on any atom is -0.462 e. The molecule has 0 aliphatic heterocycles. The third-order valence-corrected chi connectivity index (χ3v) is 4.98. The lowest BCUT2D eigenvalue weighted by atomic mass is 10.0. The number of hydrogen-bond donors (Lipinski definition) is 1. The van der Waals surface area contributed by atoms with Gasteiger partial charge in [0.15, 0.2) is 0 Å². The maximum Gasteiger partial charge on any atom is 0.341 e. The van der Waals surface area contributed by atoms with Gasteiger partial charge in [-0.1, -0.05) is 48.0 Å². The number of halogens is 2. The SMILES string of the molecule is CCOC(=O)c1c(-c2ccccc2)csc1NC(=O)c1c(F)cccc1Cl. The first-order chi connectivity index (χ1) is 13.0. The normalized spacial score (nSPS) is 10.5. The maximum atomic E-state index is 14.0. The van der Waals surface area contributed by atoms with E-state index in [0.29, 0.717) is 5.56 Å². The van der Waals surface area contributed by atoms with Gasteiger partial charge in [-0.25, -0.2) is 9.18 Å². The molecular weight excluding hydrogens is 389 g/mol. The number of carbonyl (C=O) groups is 2. The van der Waals surface area contributed by atoms with Gasteiger partial charge in [-0.05, 0) is 24.6 Å². The van der Waals surface area contributed by atoms with Gasteiger partial charge >= 0.3 is 5.97 Å². The van der Waals surface area contributed by atoms with Crippen molar-refractivity contribution in [3.8, 4) is 11.1 Å². The summed E-state index contributed by atoms with van der Waals surface area (Å²) in [6, 6.07) is 13.2. The smallest absolute Gasteiger partial charge is 0.341 e. The van der Waals surface area contributed by atoms with Crippen LogP contribution >= 0.6 is 22.9 Å². The lowest BCUT2D eigenvalue weighted by Gasteiger charge is -2.10. The number of rotatable bonds is 5. The van der Waals surface area contributed by atoms with E-state index in [1.807, 2.05) is 30.3 Å². The molecule has 0 atom stereocenters. The van der Waals surface area contributed by atoms with Crippen LogP contribution in [0.25, 0.3) is 11.1 Å². The molecule has 27 heavy (non-hydrogen) atoms. The van der Waals surface area contributed by atoms with Crippen molar-refractivity contribution in [2.45, 2.75) is 6.92 Å². The molecule has 3 aromatic rings. The van der Waals surface area contributed by atoms with Gasteiger partial charge in [0.1, 0.15) is 16.4 Å². The Morgan fingerprint density at radius 1 is 1.11 bits per heavy atom. The summed E-state index contributed by atoms with van der Waals surface area (Å²) in [4.78, 5) is 25.1. The molecule has 0 spiro atoms. The van der Waals surface area contributed by atoms with Crippen molar-refractivity contribution in [2.24, 2.45) is 0 Å². The maximum absolute atomic E-state index is 14.0. The molecule has 0 aliphatic carbocycles. The first kappa shape index (κ1) is 19.1. The Balaban J connectivity index is 2.02. The monoisotopic (exact) mass is 403 g/mol. The van der Waals surface area contributed by atoms with Crippen molar-refractivity contribution in [3.63, 3.8) is 0 Å². The predicted molar refractivity (Wildman–Crippen MR) is 105 cm³/mol. The topological polar surface area (TPSA) is 55.4 Å². The number of ether oxygens (including phenoxy) is 1. The van der Waals surface area contributed by atoms with Crippen LogP contribution in [0.1, 0.15) is 27.6 Å². The average molecular weight is 404 g/mol. The van der Waals surface area contributed by atoms with E-state index in [0.717, 1.165) is 23.0 Å². The van der Waals surface area contributed by atoms with E-state index in [4.69, 9.17) is 16.3 Å². The Morgan fingerprint density at radius 3 is 2.52 bits per heavy atom. The van der Waals surface area contributed by atoms with Crippen LogP contribution in [-0.2, 0) is 4.74 Å². The molecule has 0 bridgehead atoms. The summed E-state index contributed by atoms with van der Waals surface area (Å²) in [6.45, 7) is 1.89. The number of esters is 1. The summed E-state index contributed by atoms with van der Waals surface area (Å²) in [6.07, 6.45) is 0. The number of amides is 1. The molecule has 3 rings (SSSR count). The molecule has 7 heteroatoms. The number of anilines is 1. The van der Waals surface area contributed by atoms with Crippen LogP contribution in [0.3, 0.4) is 0 Å². The largest absolute Gasteiger partial charge is 0.462 e. The quantitative estimate of drug-likeness (QED) is 0.561. The zero-order chi connectivity index (χ0) is 19.4. The van der Waals surface area contributed by atoms with E-state index in [1.165, 1.54) is 12.1 Å². The highest BCUT2D eigenvalue weighted by molar-refractivity contribution is 7.15. The highest BCUT2D eigenvalue weighted by Gasteiger charge is 2.24. The van der Waals surface area contributed by atoms with E-state index in [-0.39, 0.29) is 27.8 Å². The first-order valence-electron chi connectivity index (χ1n) is 8.12. The standard InChI is InChI=1S/C20H15ClFNO3S/c1-2-26-20(25)16-13(12-7-4-3-5-8-12)11-27-19(16)23-18(24)17-14(21)9-6-10-15(17)22/h3-11H,2H2,1H3,(H,23,24). The average Bonchev–Trinajstić information content (AvgIpc) is 3.06. The molecule has 0 fully saturated rings. The van der Waals surface area contributed by atoms with Crippen molar-refractivity contribution < 1.29 is 18.7 Å². The van der Waals surface area contributed by atoms with Crippen LogP contribution in [0.4, 0.5) is 9.39 Å². The van der Waals surface area contributed by atoms with Crippen molar-refractivity contribution in [1.29, 1.82) is 0 Å². The van der Waals surface area contributed by atoms with E-state index >= 15 is 0 Å². The van der Waals surface area contributed by atoms with Crippen LogP contribution in [0, 0.1) is 5.82 Å². The van der Waals surface area contributed by atoms with Crippen LogP contribution in [0.15, 0.2) is 53.9 Å². The summed E-state index contributed by atoms with van der Waals surface area (Å²) >= 11 is 7.12. The van der Waals surface area contributed by atoms with E-state index in [2.05, 4.69) is 5.32 Å². The summed E-state index contributed by atoms with van der Waals surface area (Å²) in [5.41, 5.74) is 1.40. The molecule has 1 amide bonds. The Hall–Kier alpha value is -2.70. The molecule has 1 N–H and O–H groups in total. The van der Waals surface area contributed by atoms with Crippen LogP contribution in [0.5, 0.6) is 0 Å². The van der Waals surface area contributed by atoms with E-state index < -0.39 is 17.7 Å². The van der Waals surface area contributed by atoms with Crippen molar-refractivity contribution >= 4 is 39.8 Å². The van der Waals surface area contributed by atoms with E-state index in [9.17, 15) is 14.0 Å². The van der Waals surface area contributed by atoms with Gasteiger partial charge in [0.05, 0.1) is 17.2 Å². The highest BCUT2D eigenvalue weighted by atomic mass is 35.5. The van der Waals surface area contributed by atoms with Gasteiger partial charge < -0.3 is 10.1 Å².